The van der Waals surface area contributed by atoms with Crippen molar-refractivity contribution in [2.75, 3.05) is 19.0 Å². The third kappa shape index (κ3) is 4.32. The summed E-state index contributed by atoms with van der Waals surface area (Å²) in [5.41, 5.74) is 3.77. The van der Waals surface area contributed by atoms with Gasteiger partial charge in [-0.2, -0.15) is 13.2 Å². The minimum absolute atomic E-state index is 0.00572. The van der Waals surface area contributed by atoms with Crippen LogP contribution in [0.4, 0.5) is 18.9 Å². The fourth-order valence-electron chi connectivity index (χ4n) is 2.00. The molecular formula is C12H18F3N3O2S. The number of nitrogens with zero attached hydrogens (tertiary/aromatic N) is 1. The number of aryl methyl sites for hydroxylation is 2. The Morgan fingerprint density at radius 2 is 1.71 bits per heavy atom. The van der Waals surface area contributed by atoms with Crippen LogP contribution in [0.5, 0.6) is 0 Å². The first-order chi connectivity index (χ1) is 9.49. The van der Waals surface area contributed by atoms with Gasteiger partial charge in [-0.25, -0.2) is 12.7 Å². The van der Waals surface area contributed by atoms with Crippen LogP contribution in [0.25, 0.3) is 0 Å². The van der Waals surface area contributed by atoms with Crippen molar-refractivity contribution >= 4 is 15.7 Å². The van der Waals surface area contributed by atoms with Crippen molar-refractivity contribution in [2.45, 2.75) is 31.3 Å². The summed E-state index contributed by atoms with van der Waals surface area (Å²) >= 11 is 0. The van der Waals surface area contributed by atoms with Gasteiger partial charge in [0.15, 0.2) is 0 Å². The monoisotopic (exact) mass is 325 g/mol. The molecule has 1 aromatic carbocycles. The van der Waals surface area contributed by atoms with Crippen molar-refractivity contribution in [3.63, 3.8) is 0 Å². The fraction of sp³-hybridized carbons (Fsp3) is 0.500. The normalized spacial score (nSPS) is 12.8. The Balaban J connectivity index is 3.14. The van der Waals surface area contributed by atoms with Gasteiger partial charge in [0.1, 0.15) is 0 Å². The number of anilines is 1. The molecule has 9 heteroatoms. The summed E-state index contributed by atoms with van der Waals surface area (Å²) in [6, 6.07) is 3.05. The second kappa shape index (κ2) is 6.20. The SMILES string of the molecule is Cc1cc(NN)cc(C)c1S(=O)(=O)N(C)CCC(F)(F)F. The van der Waals surface area contributed by atoms with E-state index in [4.69, 9.17) is 5.84 Å². The highest BCUT2D eigenvalue weighted by atomic mass is 32.2. The molecule has 0 unspecified atom stereocenters. The Labute approximate surface area is 121 Å². The quantitative estimate of drug-likeness (QED) is 0.642. The van der Waals surface area contributed by atoms with E-state index in [1.165, 1.54) is 12.1 Å². The van der Waals surface area contributed by atoms with Crippen molar-refractivity contribution in [1.29, 1.82) is 0 Å². The van der Waals surface area contributed by atoms with Crippen LogP contribution in [0.1, 0.15) is 17.5 Å². The van der Waals surface area contributed by atoms with Gasteiger partial charge in [-0.05, 0) is 37.1 Å². The Morgan fingerprint density at radius 1 is 1.24 bits per heavy atom. The van der Waals surface area contributed by atoms with Crippen LogP contribution in [-0.2, 0) is 10.0 Å². The van der Waals surface area contributed by atoms with Crippen LogP contribution >= 0.6 is 0 Å². The highest BCUT2D eigenvalue weighted by Gasteiger charge is 2.31. The third-order valence-corrected chi connectivity index (χ3v) is 5.17. The van der Waals surface area contributed by atoms with E-state index in [9.17, 15) is 21.6 Å². The fourth-order valence-corrected chi connectivity index (χ4v) is 3.58. The summed E-state index contributed by atoms with van der Waals surface area (Å²) in [6.45, 7) is 2.51. The largest absolute Gasteiger partial charge is 0.390 e. The molecule has 1 rings (SSSR count). The molecule has 5 nitrogen and oxygen atoms in total. The van der Waals surface area contributed by atoms with Crippen molar-refractivity contribution in [3.8, 4) is 0 Å². The zero-order valence-electron chi connectivity index (χ0n) is 12.0. The standard InChI is InChI=1S/C12H18F3N3O2S/c1-8-6-10(17-16)7-9(2)11(8)21(19,20)18(3)5-4-12(13,14)15/h6-7,17H,4-5,16H2,1-3H3. The maximum atomic E-state index is 12.4. The van der Waals surface area contributed by atoms with Crippen molar-refractivity contribution in [3.05, 3.63) is 23.3 Å². The van der Waals surface area contributed by atoms with Crippen LogP contribution in [0.15, 0.2) is 17.0 Å². The molecule has 0 saturated heterocycles. The lowest BCUT2D eigenvalue weighted by atomic mass is 10.1. The smallest absolute Gasteiger partial charge is 0.324 e. The molecule has 0 aliphatic carbocycles. The minimum atomic E-state index is -4.40. The first-order valence-electron chi connectivity index (χ1n) is 6.10. The number of benzene rings is 1. The summed E-state index contributed by atoms with van der Waals surface area (Å²) in [6.07, 6.45) is -5.59. The van der Waals surface area contributed by atoms with Crippen LogP contribution in [0.2, 0.25) is 0 Å². The predicted molar refractivity (Wildman–Crippen MR) is 74.2 cm³/mol. The van der Waals surface area contributed by atoms with E-state index < -0.39 is 29.2 Å². The molecule has 3 N–H and O–H groups in total. The van der Waals surface area contributed by atoms with Crippen LogP contribution in [0, 0.1) is 13.8 Å². The summed E-state index contributed by atoms with van der Waals surface area (Å²) in [4.78, 5) is 0.00572. The molecular weight excluding hydrogens is 307 g/mol. The zero-order valence-corrected chi connectivity index (χ0v) is 12.8. The summed E-state index contributed by atoms with van der Waals surface area (Å²) < 4.78 is 62.2. The highest BCUT2D eigenvalue weighted by molar-refractivity contribution is 7.89. The number of alkyl halides is 3. The van der Waals surface area contributed by atoms with E-state index in [1.54, 1.807) is 13.8 Å². The first-order valence-corrected chi connectivity index (χ1v) is 7.54. The number of hydrazine groups is 1. The number of sulfonamides is 1. The van der Waals surface area contributed by atoms with Gasteiger partial charge in [0, 0.05) is 19.3 Å². The molecule has 0 aromatic heterocycles. The maximum absolute atomic E-state index is 12.4. The molecule has 21 heavy (non-hydrogen) atoms. The van der Waals surface area contributed by atoms with Gasteiger partial charge in [0.05, 0.1) is 11.3 Å². The van der Waals surface area contributed by atoms with Gasteiger partial charge in [-0.1, -0.05) is 0 Å². The Hall–Kier alpha value is -1.32. The van der Waals surface area contributed by atoms with Gasteiger partial charge in [0.25, 0.3) is 0 Å². The Kier molecular flexibility index (Phi) is 5.24. The maximum Gasteiger partial charge on any atom is 0.390 e. The number of halogens is 3. The molecule has 0 heterocycles. The lowest BCUT2D eigenvalue weighted by molar-refractivity contribution is -0.135. The van der Waals surface area contributed by atoms with Gasteiger partial charge in [0.2, 0.25) is 10.0 Å². The molecule has 0 bridgehead atoms. The number of nitrogen functional groups attached to an aromatic ring is 1. The molecule has 0 saturated carbocycles. The number of nitrogens with two attached hydrogens (primary N) is 1. The lowest BCUT2D eigenvalue weighted by Gasteiger charge is -2.21. The number of hydrogen-bond acceptors (Lipinski definition) is 4. The second-order valence-corrected chi connectivity index (χ2v) is 6.76. The molecule has 0 spiro atoms. The summed E-state index contributed by atoms with van der Waals surface area (Å²) in [7, 11) is -2.85. The van der Waals surface area contributed by atoms with Crippen molar-refractivity contribution < 1.29 is 21.6 Å². The van der Waals surface area contributed by atoms with E-state index in [0.717, 1.165) is 7.05 Å². The first kappa shape index (κ1) is 17.7. The van der Waals surface area contributed by atoms with E-state index in [0.29, 0.717) is 21.1 Å². The van der Waals surface area contributed by atoms with Gasteiger partial charge in [-0.15, -0.1) is 0 Å². The Bertz CT molecular complexity index is 592. The van der Waals surface area contributed by atoms with E-state index >= 15 is 0 Å². The molecule has 0 fully saturated rings. The zero-order chi connectivity index (χ0) is 16.4. The number of nitrogens with one attached hydrogen (secondary N) is 1. The van der Waals surface area contributed by atoms with Gasteiger partial charge < -0.3 is 5.43 Å². The van der Waals surface area contributed by atoms with Crippen LogP contribution < -0.4 is 11.3 Å². The van der Waals surface area contributed by atoms with E-state index in [2.05, 4.69) is 5.43 Å². The number of hydrogen-bond donors (Lipinski definition) is 2. The third-order valence-electron chi connectivity index (χ3n) is 3.01. The topological polar surface area (TPSA) is 75.4 Å². The Morgan fingerprint density at radius 3 is 2.10 bits per heavy atom. The molecule has 0 amide bonds. The predicted octanol–water partition coefficient (Wildman–Crippen LogP) is 2.16. The summed E-state index contributed by atoms with van der Waals surface area (Å²) in [5.74, 6) is 5.27. The average Bonchev–Trinajstić information content (AvgIpc) is 2.33. The highest BCUT2D eigenvalue weighted by Crippen LogP contribution is 2.27. The minimum Gasteiger partial charge on any atom is -0.324 e. The van der Waals surface area contributed by atoms with Crippen molar-refractivity contribution in [1.82, 2.24) is 4.31 Å². The molecule has 0 aliphatic rings. The van der Waals surface area contributed by atoms with Gasteiger partial charge >= 0.3 is 6.18 Å². The van der Waals surface area contributed by atoms with Crippen LogP contribution in [0.3, 0.4) is 0 Å². The molecule has 0 radical (unpaired) electrons. The molecule has 0 atom stereocenters. The number of rotatable bonds is 5. The van der Waals surface area contributed by atoms with Crippen molar-refractivity contribution in [2.24, 2.45) is 5.84 Å². The average molecular weight is 325 g/mol. The summed E-state index contributed by atoms with van der Waals surface area (Å²) in [5, 5.41) is 0. The second-order valence-electron chi connectivity index (χ2n) is 4.78. The molecule has 0 aliphatic heterocycles. The molecule has 120 valence electrons. The molecule has 1 aromatic rings. The van der Waals surface area contributed by atoms with Crippen LogP contribution in [-0.4, -0.2) is 32.5 Å². The van der Waals surface area contributed by atoms with E-state index in [1.807, 2.05) is 0 Å². The van der Waals surface area contributed by atoms with Gasteiger partial charge in [-0.3, -0.25) is 5.84 Å². The van der Waals surface area contributed by atoms with E-state index in [-0.39, 0.29) is 4.90 Å². The lowest BCUT2D eigenvalue weighted by Crippen LogP contribution is -2.31.